The molecule has 0 saturated carbocycles. The summed E-state index contributed by atoms with van der Waals surface area (Å²) in [7, 11) is 0. The summed E-state index contributed by atoms with van der Waals surface area (Å²) in [5.41, 5.74) is 2.35. The zero-order valence-corrected chi connectivity index (χ0v) is 15.4. The van der Waals surface area contributed by atoms with Crippen LogP contribution in [0.1, 0.15) is 41.6 Å². The molecule has 3 rings (SSSR count). The third kappa shape index (κ3) is 4.71. The van der Waals surface area contributed by atoms with E-state index < -0.39 is 0 Å². The Morgan fingerprint density at radius 3 is 2.26 bits per heavy atom. The summed E-state index contributed by atoms with van der Waals surface area (Å²) in [6.07, 6.45) is 1.64. The van der Waals surface area contributed by atoms with Crippen molar-refractivity contribution in [1.82, 2.24) is 0 Å². The van der Waals surface area contributed by atoms with Crippen LogP contribution in [-0.4, -0.2) is 17.7 Å². The molecule has 0 unspecified atom stereocenters. The van der Waals surface area contributed by atoms with E-state index in [0.29, 0.717) is 11.3 Å². The number of nitrogens with one attached hydrogen (secondary N) is 1. The topological polar surface area (TPSA) is 75.9 Å². The van der Waals surface area contributed by atoms with Crippen molar-refractivity contribution in [2.75, 3.05) is 5.32 Å². The van der Waals surface area contributed by atoms with Crippen LogP contribution >= 0.6 is 0 Å². The number of carbonyl (C=O) groups excluding carboxylic acids is 2. The second-order valence-corrected chi connectivity index (χ2v) is 6.51. The van der Waals surface area contributed by atoms with Crippen LogP contribution < -0.4 is 10.6 Å². The Kier molecular flexibility index (Phi) is 5.84. The van der Waals surface area contributed by atoms with E-state index in [4.69, 9.17) is 4.42 Å². The number of quaternary nitrogens is 1. The minimum Gasteiger partial charge on any atom is -0.463 e. The Bertz CT molecular complexity index is 887. The van der Waals surface area contributed by atoms with E-state index in [9.17, 15) is 9.59 Å². The van der Waals surface area contributed by atoms with Gasteiger partial charge in [-0.15, -0.1) is 0 Å². The van der Waals surface area contributed by atoms with Crippen molar-refractivity contribution < 1.29 is 19.3 Å². The molecule has 0 radical (unpaired) electrons. The van der Waals surface area contributed by atoms with Gasteiger partial charge in [-0.2, -0.15) is 0 Å². The number of hydrogen-bond acceptors (Lipinski definition) is 3. The summed E-state index contributed by atoms with van der Waals surface area (Å²) < 4.78 is 5.59. The summed E-state index contributed by atoms with van der Waals surface area (Å²) in [4.78, 5) is 24.0. The summed E-state index contributed by atoms with van der Waals surface area (Å²) in [5.74, 6) is 0.684. The fourth-order valence-corrected chi connectivity index (χ4v) is 2.92. The van der Waals surface area contributed by atoms with Gasteiger partial charge in [-0.25, -0.2) is 0 Å². The highest BCUT2D eigenvalue weighted by Crippen LogP contribution is 2.19. The van der Waals surface area contributed by atoms with Gasteiger partial charge < -0.3 is 15.1 Å². The van der Waals surface area contributed by atoms with Gasteiger partial charge in [0.25, 0.3) is 5.91 Å². The second kappa shape index (κ2) is 8.47. The SMILES string of the molecule is CC(=O)c1ccc(NC(=O)[C@H](C)[NH2+][C@H](c2ccccc2)c2ccco2)cc1. The highest BCUT2D eigenvalue weighted by Gasteiger charge is 2.26. The molecule has 0 aliphatic carbocycles. The molecule has 0 saturated heterocycles. The van der Waals surface area contributed by atoms with E-state index >= 15 is 0 Å². The predicted molar refractivity (Wildman–Crippen MR) is 103 cm³/mol. The highest BCUT2D eigenvalue weighted by molar-refractivity contribution is 5.96. The van der Waals surface area contributed by atoms with Crippen molar-refractivity contribution in [1.29, 1.82) is 0 Å². The van der Waals surface area contributed by atoms with E-state index in [-0.39, 0.29) is 23.8 Å². The average molecular weight is 363 g/mol. The predicted octanol–water partition coefficient (Wildman–Crippen LogP) is 3.16. The number of benzene rings is 2. The van der Waals surface area contributed by atoms with Gasteiger partial charge in [0.05, 0.1) is 6.26 Å². The molecule has 0 aliphatic rings. The van der Waals surface area contributed by atoms with E-state index in [1.165, 1.54) is 6.92 Å². The van der Waals surface area contributed by atoms with Crippen molar-refractivity contribution in [3.63, 3.8) is 0 Å². The van der Waals surface area contributed by atoms with Crippen LogP contribution in [0.25, 0.3) is 0 Å². The van der Waals surface area contributed by atoms with Crippen molar-refractivity contribution in [2.45, 2.75) is 25.9 Å². The molecule has 2 aromatic carbocycles. The average Bonchev–Trinajstić information content (AvgIpc) is 3.21. The summed E-state index contributed by atoms with van der Waals surface area (Å²) >= 11 is 0. The molecule has 0 aliphatic heterocycles. The van der Waals surface area contributed by atoms with Crippen LogP contribution in [0.15, 0.2) is 77.4 Å². The van der Waals surface area contributed by atoms with Gasteiger partial charge >= 0.3 is 0 Å². The monoisotopic (exact) mass is 363 g/mol. The maximum absolute atomic E-state index is 12.6. The molecule has 5 heteroatoms. The Balaban J connectivity index is 1.70. The second-order valence-electron chi connectivity index (χ2n) is 6.51. The molecular formula is C22H23N2O3+. The number of hydrogen-bond donors (Lipinski definition) is 2. The fraction of sp³-hybridized carbons (Fsp3) is 0.182. The molecule has 1 amide bonds. The third-order valence-electron chi connectivity index (χ3n) is 4.46. The van der Waals surface area contributed by atoms with Gasteiger partial charge in [-0.1, -0.05) is 30.3 Å². The lowest BCUT2D eigenvalue weighted by molar-refractivity contribution is -0.706. The first-order valence-electron chi connectivity index (χ1n) is 8.90. The number of carbonyl (C=O) groups is 2. The van der Waals surface area contributed by atoms with Crippen LogP contribution in [0, 0.1) is 0 Å². The first kappa shape index (κ1) is 18.6. The maximum Gasteiger partial charge on any atom is 0.282 e. The van der Waals surface area contributed by atoms with Gasteiger partial charge in [0.1, 0.15) is 0 Å². The molecule has 27 heavy (non-hydrogen) atoms. The number of amides is 1. The summed E-state index contributed by atoms with van der Waals surface area (Å²) in [6, 6.07) is 20.2. The van der Waals surface area contributed by atoms with Gasteiger partial charge in [0, 0.05) is 16.8 Å². The van der Waals surface area contributed by atoms with Gasteiger partial charge in [-0.3, -0.25) is 9.59 Å². The third-order valence-corrected chi connectivity index (χ3v) is 4.46. The Hall–Kier alpha value is -3.18. The minimum absolute atomic E-state index is 0.00118. The van der Waals surface area contributed by atoms with Crippen molar-refractivity contribution >= 4 is 17.4 Å². The van der Waals surface area contributed by atoms with Gasteiger partial charge in [-0.05, 0) is 50.2 Å². The number of rotatable bonds is 7. The fourth-order valence-electron chi connectivity index (χ4n) is 2.92. The molecule has 3 N–H and O–H groups in total. The summed E-state index contributed by atoms with van der Waals surface area (Å²) in [6.45, 7) is 3.38. The molecule has 1 aromatic heterocycles. The normalized spacial score (nSPS) is 13.0. The van der Waals surface area contributed by atoms with Crippen molar-refractivity contribution in [3.05, 3.63) is 89.9 Å². The molecule has 138 valence electrons. The zero-order chi connectivity index (χ0) is 19.2. The maximum atomic E-state index is 12.6. The zero-order valence-electron chi connectivity index (χ0n) is 15.4. The van der Waals surface area contributed by atoms with E-state index in [0.717, 1.165) is 11.3 Å². The number of nitrogens with two attached hydrogens (primary N) is 1. The van der Waals surface area contributed by atoms with Gasteiger partial charge in [0.15, 0.2) is 23.6 Å². The van der Waals surface area contributed by atoms with Crippen LogP contribution in [0.4, 0.5) is 5.69 Å². The van der Waals surface area contributed by atoms with Crippen molar-refractivity contribution in [3.8, 4) is 0 Å². The molecule has 0 bridgehead atoms. The molecule has 0 fully saturated rings. The highest BCUT2D eigenvalue weighted by atomic mass is 16.3. The molecule has 3 aromatic rings. The number of Topliss-reactive ketones (excluding diaryl/α,β-unsaturated/α-hetero) is 1. The number of furan rings is 1. The van der Waals surface area contributed by atoms with E-state index in [1.54, 1.807) is 30.5 Å². The quantitative estimate of drug-likeness (QED) is 0.633. The lowest BCUT2D eigenvalue weighted by Crippen LogP contribution is -2.92. The molecule has 2 atom stereocenters. The van der Waals surface area contributed by atoms with Crippen LogP contribution in [0.5, 0.6) is 0 Å². The number of anilines is 1. The Morgan fingerprint density at radius 2 is 1.67 bits per heavy atom. The van der Waals surface area contributed by atoms with Crippen LogP contribution in [0.3, 0.4) is 0 Å². The van der Waals surface area contributed by atoms with E-state index in [2.05, 4.69) is 5.32 Å². The smallest absolute Gasteiger partial charge is 0.282 e. The summed E-state index contributed by atoms with van der Waals surface area (Å²) in [5, 5.41) is 4.88. The van der Waals surface area contributed by atoms with E-state index in [1.807, 2.05) is 54.7 Å². The van der Waals surface area contributed by atoms with Gasteiger partial charge in [0.2, 0.25) is 0 Å². The lowest BCUT2D eigenvalue weighted by atomic mass is 10.0. The Labute approximate surface area is 158 Å². The standard InChI is InChI=1S/C22H22N2O3/c1-15(22(26)24-19-12-10-17(11-13-19)16(2)25)23-21(20-9-6-14-27-20)18-7-4-3-5-8-18/h3-15,21,23H,1-2H3,(H,24,26)/p+1/t15-,21+/m0/s1. The van der Waals surface area contributed by atoms with Crippen LogP contribution in [0.2, 0.25) is 0 Å². The lowest BCUT2D eigenvalue weighted by Gasteiger charge is -2.18. The van der Waals surface area contributed by atoms with Crippen molar-refractivity contribution in [2.24, 2.45) is 0 Å². The molecule has 1 heterocycles. The van der Waals surface area contributed by atoms with Crippen LogP contribution in [-0.2, 0) is 4.79 Å². The molecule has 0 spiro atoms. The molecule has 5 nitrogen and oxygen atoms in total. The largest absolute Gasteiger partial charge is 0.463 e. The minimum atomic E-state index is -0.340. The first-order valence-corrected chi connectivity index (χ1v) is 8.90. The number of ketones is 1. The molecular weight excluding hydrogens is 340 g/mol. The first-order chi connectivity index (χ1) is 13.0. The Morgan fingerprint density at radius 1 is 0.963 bits per heavy atom.